The Morgan fingerprint density at radius 1 is 1.09 bits per heavy atom. The van der Waals surface area contributed by atoms with E-state index in [9.17, 15) is 13.2 Å². The minimum absolute atomic E-state index is 0.411. The molecule has 0 fully saturated rings. The highest BCUT2D eigenvalue weighted by atomic mass is 79.9. The average Bonchev–Trinajstić information content (AvgIpc) is 2.49. The van der Waals surface area contributed by atoms with Crippen molar-refractivity contribution in [1.82, 2.24) is 0 Å². The zero-order chi connectivity index (χ0) is 17.0. The molecule has 0 aromatic heterocycles. The molecule has 5 nitrogen and oxygen atoms in total. The summed E-state index contributed by atoms with van der Waals surface area (Å²) in [4.78, 5) is 12.5. The van der Waals surface area contributed by atoms with E-state index in [-0.39, 0.29) is 0 Å². The normalized spacial score (nSPS) is 12.5. The van der Waals surface area contributed by atoms with Gasteiger partial charge in [0.15, 0.2) is 0 Å². The third-order valence-electron chi connectivity index (χ3n) is 3.23. The number of para-hydroxylation sites is 2. The smallest absolute Gasteiger partial charge is 0.248 e. The molecule has 0 aliphatic heterocycles. The Kier molecular flexibility index (Phi) is 5.43. The Bertz CT molecular complexity index is 794. The van der Waals surface area contributed by atoms with E-state index in [1.54, 1.807) is 55.5 Å². The number of nitrogens with one attached hydrogen (secondary N) is 1. The van der Waals surface area contributed by atoms with E-state index in [2.05, 4.69) is 21.2 Å². The fraction of sp³-hybridized carbons (Fsp3) is 0.188. The van der Waals surface area contributed by atoms with Crippen LogP contribution in [0.4, 0.5) is 11.4 Å². The molecule has 0 aliphatic rings. The standard InChI is InChI=1S/C16H17BrN2O3S/c1-12(16(20)18-15-11-7-6-10-14(15)17)19(23(2,21)22)13-8-4-3-5-9-13/h3-12H,1-2H3,(H,18,20)/t12-/m1/s1. The second-order valence-electron chi connectivity index (χ2n) is 5.04. The highest BCUT2D eigenvalue weighted by Gasteiger charge is 2.29. The summed E-state index contributed by atoms with van der Waals surface area (Å²) in [5.74, 6) is -0.411. The van der Waals surface area contributed by atoms with Gasteiger partial charge >= 0.3 is 0 Å². The van der Waals surface area contributed by atoms with Crippen molar-refractivity contribution in [1.29, 1.82) is 0 Å². The van der Waals surface area contributed by atoms with E-state index < -0.39 is 22.0 Å². The molecule has 0 bridgehead atoms. The van der Waals surface area contributed by atoms with Crippen molar-refractivity contribution in [2.75, 3.05) is 15.9 Å². The van der Waals surface area contributed by atoms with Crippen LogP contribution >= 0.6 is 15.9 Å². The molecule has 2 aromatic carbocycles. The van der Waals surface area contributed by atoms with Crippen molar-refractivity contribution in [2.24, 2.45) is 0 Å². The van der Waals surface area contributed by atoms with Gasteiger partial charge in [-0.1, -0.05) is 30.3 Å². The zero-order valence-electron chi connectivity index (χ0n) is 12.7. The van der Waals surface area contributed by atoms with Gasteiger partial charge in [0, 0.05) is 4.47 Å². The van der Waals surface area contributed by atoms with Gasteiger partial charge in [0.1, 0.15) is 6.04 Å². The zero-order valence-corrected chi connectivity index (χ0v) is 15.1. The molecule has 2 rings (SSSR count). The molecule has 0 heterocycles. The molecule has 122 valence electrons. The Balaban J connectivity index is 2.29. The van der Waals surface area contributed by atoms with Crippen molar-refractivity contribution in [2.45, 2.75) is 13.0 Å². The number of carbonyl (C=O) groups excluding carboxylic acids is 1. The summed E-state index contributed by atoms with van der Waals surface area (Å²) in [6.45, 7) is 1.56. The van der Waals surface area contributed by atoms with Gasteiger partial charge < -0.3 is 5.32 Å². The first-order valence-corrected chi connectivity index (χ1v) is 9.54. The topological polar surface area (TPSA) is 66.5 Å². The molecular formula is C16H17BrN2O3S. The molecule has 0 saturated heterocycles. The third-order valence-corrected chi connectivity index (χ3v) is 5.16. The van der Waals surface area contributed by atoms with Crippen molar-refractivity contribution in [3.05, 3.63) is 59.1 Å². The second kappa shape index (κ2) is 7.14. The Hall–Kier alpha value is -1.86. The van der Waals surface area contributed by atoms with Crippen LogP contribution in [0.25, 0.3) is 0 Å². The average molecular weight is 397 g/mol. The van der Waals surface area contributed by atoms with Crippen LogP contribution in [-0.4, -0.2) is 26.6 Å². The van der Waals surface area contributed by atoms with Gasteiger partial charge in [-0.3, -0.25) is 9.10 Å². The van der Waals surface area contributed by atoms with Crippen molar-refractivity contribution in [3.8, 4) is 0 Å². The summed E-state index contributed by atoms with van der Waals surface area (Å²) in [5.41, 5.74) is 1.04. The fourth-order valence-corrected chi connectivity index (χ4v) is 3.74. The lowest BCUT2D eigenvalue weighted by Gasteiger charge is -2.28. The molecule has 0 saturated carbocycles. The molecule has 0 radical (unpaired) electrons. The fourth-order valence-electron chi connectivity index (χ4n) is 2.18. The predicted octanol–water partition coefficient (Wildman–Crippen LogP) is 3.24. The summed E-state index contributed by atoms with van der Waals surface area (Å²) in [6, 6.07) is 14.8. The predicted molar refractivity (Wildman–Crippen MR) is 96.0 cm³/mol. The first kappa shape index (κ1) is 17.5. The van der Waals surface area contributed by atoms with Gasteiger partial charge in [0.25, 0.3) is 0 Å². The lowest BCUT2D eigenvalue weighted by molar-refractivity contribution is -0.116. The third kappa shape index (κ3) is 4.33. The van der Waals surface area contributed by atoms with E-state index in [4.69, 9.17) is 0 Å². The lowest BCUT2D eigenvalue weighted by Crippen LogP contribution is -2.45. The van der Waals surface area contributed by atoms with E-state index in [1.807, 2.05) is 6.07 Å². The van der Waals surface area contributed by atoms with Gasteiger partial charge in [-0.2, -0.15) is 0 Å². The van der Waals surface area contributed by atoms with Crippen molar-refractivity contribution < 1.29 is 13.2 Å². The second-order valence-corrected chi connectivity index (χ2v) is 7.75. The number of nitrogens with zero attached hydrogens (tertiary/aromatic N) is 1. The monoisotopic (exact) mass is 396 g/mol. The number of rotatable bonds is 5. The highest BCUT2D eigenvalue weighted by molar-refractivity contribution is 9.10. The van der Waals surface area contributed by atoms with Crippen LogP contribution in [0.2, 0.25) is 0 Å². The summed E-state index contributed by atoms with van der Waals surface area (Å²) < 4.78 is 26.1. The Morgan fingerprint density at radius 3 is 2.22 bits per heavy atom. The first-order chi connectivity index (χ1) is 10.8. The minimum Gasteiger partial charge on any atom is -0.323 e. The summed E-state index contributed by atoms with van der Waals surface area (Å²) in [5, 5.41) is 2.74. The molecule has 1 atom stereocenters. The number of sulfonamides is 1. The summed E-state index contributed by atoms with van der Waals surface area (Å²) in [6.07, 6.45) is 1.09. The molecular weight excluding hydrogens is 380 g/mol. The van der Waals surface area contributed by atoms with Crippen LogP contribution in [-0.2, 0) is 14.8 Å². The highest BCUT2D eigenvalue weighted by Crippen LogP contribution is 2.24. The van der Waals surface area contributed by atoms with Gasteiger partial charge in [0.2, 0.25) is 15.9 Å². The number of halogens is 1. The molecule has 0 aliphatic carbocycles. The number of benzene rings is 2. The molecule has 0 spiro atoms. The molecule has 7 heteroatoms. The van der Waals surface area contributed by atoms with E-state index in [0.29, 0.717) is 11.4 Å². The minimum atomic E-state index is -3.60. The van der Waals surface area contributed by atoms with Crippen LogP contribution in [0.5, 0.6) is 0 Å². The maximum absolute atomic E-state index is 12.5. The first-order valence-electron chi connectivity index (χ1n) is 6.90. The quantitative estimate of drug-likeness (QED) is 0.843. The number of hydrogen-bond acceptors (Lipinski definition) is 3. The van der Waals surface area contributed by atoms with Crippen LogP contribution in [0.1, 0.15) is 6.92 Å². The summed E-state index contributed by atoms with van der Waals surface area (Å²) >= 11 is 3.35. The van der Waals surface area contributed by atoms with Gasteiger partial charge in [-0.05, 0) is 47.1 Å². The van der Waals surface area contributed by atoms with Gasteiger partial charge in [-0.25, -0.2) is 8.42 Å². The molecule has 0 unspecified atom stereocenters. The van der Waals surface area contributed by atoms with E-state index >= 15 is 0 Å². The molecule has 1 N–H and O–H groups in total. The van der Waals surface area contributed by atoms with Crippen LogP contribution in [0.15, 0.2) is 59.1 Å². The summed E-state index contributed by atoms with van der Waals surface area (Å²) in [7, 11) is -3.60. The lowest BCUT2D eigenvalue weighted by atomic mass is 10.2. The maximum atomic E-state index is 12.5. The molecule has 2 aromatic rings. The Morgan fingerprint density at radius 2 is 1.65 bits per heavy atom. The van der Waals surface area contributed by atoms with Gasteiger partial charge in [0.05, 0.1) is 17.6 Å². The molecule has 23 heavy (non-hydrogen) atoms. The largest absolute Gasteiger partial charge is 0.323 e. The van der Waals surface area contributed by atoms with Crippen molar-refractivity contribution in [3.63, 3.8) is 0 Å². The van der Waals surface area contributed by atoms with E-state index in [1.165, 1.54) is 0 Å². The van der Waals surface area contributed by atoms with Crippen LogP contribution in [0.3, 0.4) is 0 Å². The SMILES string of the molecule is C[C@H](C(=O)Nc1ccccc1Br)N(c1ccccc1)S(C)(=O)=O. The van der Waals surface area contributed by atoms with Crippen LogP contribution < -0.4 is 9.62 Å². The maximum Gasteiger partial charge on any atom is 0.248 e. The van der Waals surface area contributed by atoms with E-state index in [0.717, 1.165) is 15.0 Å². The van der Waals surface area contributed by atoms with Gasteiger partial charge in [-0.15, -0.1) is 0 Å². The van der Waals surface area contributed by atoms with Crippen molar-refractivity contribution >= 4 is 43.2 Å². The molecule has 1 amide bonds. The van der Waals surface area contributed by atoms with Crippen LogP contribution in [0, 0.1) is 0 Å². The number of hydrogen-bond donors (Lipinski definition) is 1. The Labute approximate surface area is 144 Å². The number of anilines is 2. The number of amides is 1. The number of carbonyl (C=O) groups is 1.